The van der Waals surface area contributed by atoms with E-state index in [9.17, 15) is 4.79 Å². The molecule has 1 fully saturated rings. The standard InChI is InChI=1S/C23H30N8O2/c1-29-8-10-31(11-9-29)15-5-7-18(33-3)17(12-15)26-23-25-13-14-4-6-16-20(22(24)32)28-30(2)21(16)19(14)27-23/h5,7,12-13,20,28H,4,6,8-11H2,1-3H3,(H2,24,32)(H,25,26,27). The predicted octanol–water partition coefficient (Wildman–Crippen LogP) is 0.942. The van der Waals surface area contributed by atoms with Gasteiger partial charge in [0.2, 0.25) is 11.9 Å². The van der Waals surface area contributed by atoms with Crippen LogP contribution >= 0.6 is 0 Å². The van der Waals surface area contributed by atoms with Crippen molar-refractivity contribution in [2.75, 3.05) is 57.6 Å². The number of nitrogens with two attached hydrogens (primary N) is 1. The minimum absolute atomic E-state index is 0.381. The molecule has 1 amide bonds. The van der Waals surface area contributed by atoms with Gasteiger partial charge in [0.05, 0.1) is 24.2 Å². The Morgan fingerprint density at radius 3 is 2.73 bits per heavy atom. The lowest BCUT2D eigenvalue weighted by Gasteiger charge is -2.34. The first kappa shape index (κ1) is 21.5. The highest BCUT2D eigenvalue weighted by atomic mass is 16.5. The molecule has 33 heavy (non-hydrogen) atoms. The number of aromatic nitrogens is 2. The van der Waals surface area contributed by atoms with Gasteiger partial charge in [-0.1, -0.05) is 0 Å². The van der Waals surface area contributed by atoms with Gasteiger partial charge >= 0.3 is 0 Å². The van der Waals surface area contributed by atoms with Gasteiger partial charge in [0.25, 0.3) is 0 Å². The van der Waals surface area contributed by atoms with Crippen LogP contribution in [0.3, 0.4) is 0 Å². The maximum absolute atomic E-state index is 11.9. The average molecular weight is 451 g/mol. The average Bonchev–Trinajstić information content (AvgIpc) is 3.17. The third-order valence-electron chi connectivity index (χ3n) is 6.65. The van der Waals surface area contributed by atoms with Crippen molar-refractivity contribution in [1.29, 1.82) is 0 Å². The number of aryl methyl sites for hydroxylation is 1. The van der Waals surface area contributed by atoms with E-state index >= 15 is 0 Å². The Hall–Kier alpha value is -3.37. The number of rotatable bonds is 5. The zero-order valence-corrected chi connectivity index (χ0v) is 19.3. The smallest absolute Gasteiger partial charge is 0.240 e. The van der Waals surface area contributed by atoms with Crippen LogP contribution in [0.2, 0.25) is 0 Å². The summed E-state index contributed by atoms with van der Waals surface area (Å²) in [5.74, 6) is 0.822. The minimum Gasteiger partial charge on any atom is -0.495 e. The number of hydrogen-bond acceptors (Lipinski definition) is 9. The van der Waals surface area contributed by atoms with Crippen molar-refractivity contribution < 1.29 is 9.53 Å². The summed E-state index contributed by atoms with van der Waals surface area (Å²) in [6.07, 6.45) is 3.39. The highest BCUT2D eigenvalue weighted by Gasteiger charge is 2.37. The molecule has 4 N–H and O–H groups in total. The number of ether oxygens (including phenoxy) is 1. The van der Waals surface area contributed by atoms with Crippen LogP contribution in [-0.2, 0) is 11.2 Å². The van der Waals surface area contributed by atoms with Gasteiger partial charge in [0, 0.05) is 45.1 Å². The van der Waals surface area contributed by atoms with E-state index in [4.69, 9.17) is 15.5 Å². The second kappa shape index (κ2) is 8.53. The summed E-state index contributed by atoms with van der Waals surface area (Å²) in [6, 6.07) is 5.65. The molecule has 10 nitrogen and oxygen atoms in total. The third kappa shape index (κ3) is 3.96. The number of amides is 1. The van der Waals surface area contributed by atoms with Crippen LogP contribution in [0.25, 0.3) is 5.70 Å². The highest BCUT2D eigenvalue weighted by molar-refractivity contribution is 5.89. The van der Waals surface area contributed by atoms with Crippen LogP contribution in [-0.4, -0.2) is 79.2 Å². The van der Waals surface area contributed by atoms with Crippen molar-refractivity contribution in [3.63, 3.8) is 0 Å². The number of piperazine rings is 1. The summed E-state index contributed by atoms with van der Waals surface area (Å²) in [5, 5.41) is 5.19. The topological polar surface area (TPSA) is 112 Å². The van der Waals surface area contributed by atoms with Crippen LogP contribution in [0, 0.1) is 0 Å². The Morgan fingerprint density at radius 1 is 1.21 bits per heavy atom. The molecule has 0 saturated carbocycles. The van der Waals surface area contributed by atoms with Crippen molar-refractivity contribution >= 4 is 28.9 Å². The van der Waals surface area contributed by atoms with Crippen LogP contribution < -0.4 is 26.1 Å². The van der Waals surface area contributed by atoms with E-state index in [0.717, 1.165) is 78.7 Å². The lowest BCUT2D eigenvalue weighted by molar-refractivity contribution is -0.119. The quantitative estimate of drug-likeness (QED) is 0.613. The summed E-state index contributed by atoms with van der Waals surface area (Å²) >= 11 is 0. The fourth-order valence-electron chi connectivity index (χ4n) is 4.80. The molecule has 1 aromatic heterocycles. The molecule has 0 radical (unpaired) electrons. The SMILES string of the molecule is COc1ccc(N2CCN(C)CC2)cc1Nc1ncc2c(n1)C1=C(CC2)C(C(N)=O)NN1C. The first-order valence-electron chi connectivity index (χ1n) is 11.2. The number of fused-ring (bicyclic) bond motifs is 2. The maximum Gasteiger partial charge on any atom is 0.240 e. The van der Waals surface area contributed by atoms with Gasteiger partial charge in [-0.05, 0) is 49.2 Å². The molecule has 2 aromatic rings. The summed E-state index contributed by atoms with van der Waals surface area (Å²) in [6.45, 7) is 4.03. The molecule has 1 aromatic carbocycles. The molecule has 0 bridgehead atoms. The Balaban J connectivity index is 1.45. The van der Waals surface area contributed by atoms with Gasteiger partial charge < -0.3 is 30.6 Å². The summed E-state index contributed by atoms with van der Waals surface area (Å²) < 4.78 is 5.59. The molecular weight excluding hydrogens is 420 g/mol. The van der Waals surface area contributed by atoms with Gasteiger partial charge in [-0.15, -0.1) is 0 Å². The van der Waals surface area contributed by atoms with E-state index < -0.39 is 6.04 Å². The fraction of sp³-hybridized carbons (Fsp3) is 0.435. The van der Waals surface area contributed by atoms with Crippen molar-refractivity contribution in [3.05, 3.63) is 41.2 Å². The zero-order chi connectivity index (χ0) is 23.1. The number of carbonyl (C=O) groups is 1. The number of hydrogen-bond donors (Lipinski definition) is 3. The molecular formula is C23H30N8O2. The number of nitrogens with zero attached hydrogens (tertiary/aromatic N) is 5. The summed E-state index contributed by atoms with van der Waals surface area (Å²) in [7, 11) is 5.69. The molecule has 3 heterocycles. The monoisotopic (exact) mass is 450 g/mol. The van der Waals surface area contributed by atoms with E-state index in [-0.39, 0.29) is 5.91 Å². The second-order valence-corrected chi connectivity index (χ2v) is 8.76. The molecule has 5 rings (SSSR count). The van der Waals surface area contributed by atoms with E-state index in [0.29, 0.717) is 5.95 Å². The molecule has 1 aliphatic carbocycles. The Bertz CT molecular complexity index is 1110. The molecule has 3 aliphatic rings. The largest absolute Gasteiger partial charge is 0.495 e. The van der Waals surface area contributed by atoms with Crippen LogP contribution in [0.15, 0.2) is 30.0 Å². The van der Waals surface area contributed by atoms with Crippen LogP contribution in [0.4, 0.5) is 17.3 Å². The van der Waals surface area contributed by atoms with Gasteiger partial charge in [-0.3, -0.25) is 4.79 Å². The van der Waals surface area contributed by atoms with Gasteiger partial charge in [-0.2, -0.15) is 0 Å². The number of benzene rings is 1. The predicted molar refractivity (Wildman–Crippen MR) is 127 cm³/mol. The van der Waals surface area contributed by atoms with Crippen molar-refractivity contribution in [2.24, 2.45) is 5.73 Å². The first-order chi connectivity index (χ1) is 15.9. The summed E-state index contributed by atoms with van der Waals surface area (Å²) in [4.78, 5) is 26.0. The number of methoxy groups -OCH3 is 1. The number of anilines is 3. The fourth-order valence-corrected chi connectivity index (χ4v) is 4.80. The first-order valence-corrected chi connectivity index (χ1v) is 11.2. The number of primary amides is 1. The summed E-state index contributed by atoms with van der Waals surface area (Å²) in [5.41, 5.74) is 14.5. The van der Waals surface area contributed by atoms with Crippen LogP contribution in [0.5, 0.6) is 5.75 Å². The van der Waals surface area contributed by atoms with Gasteiger partial charge in [-0.25, -0.2) is 15.4 Å². The highest BCUT2D eigenvalue weighted by Crippen LogP contribution is 2.38. The molecule has 1 unspecified atom stereocenters. The lowest BCUT2D eigenvalue weighted by Crippen LogP contribution is -2.44. The number of carbonyl (C=O) groups excluding carboxylic acids is 1. The Kier molecular flexibility index (Phi) is 5.55. The second-order valence-electron chi connectivity index (χ2n) is 8.76. The van der Waals surface area contributed by atoms with E-state index in [2.05, 4.69) is 44.7 Å². The zero-order valence-electron chi connectivity index (χ0n) is 19.3. The molecule has 0 spiro atoms. The Morgan fingerprint density at radius 2 is 2.00 bits per heavy atom. The third-order valence-corrected chi connectivity index (χ3v) is 6.65. The minimum atomic E-state index is -0.495. The van der Waals surface area contributed by atoms with E-state index in [1.165, 1.54) is 0 Å². The maximum atomic E-state index is 11.9. The number of likely N-dealkylation sites (N-methyl/N-ethyl adjacent to an activating group) is 1. The molecule has 10 heteroatoms. The molecule has 174 valence electrons. The van der Waals surface area contributed by atoms with Crippen molar-refractivity contribution in [2.45, 2.75) is 18.9 Å². The number of nitrogens with one attached hydrogen (secondary N) is 2. The normalized spacial score (nSPS) is 20.5. The van der Waals surface area contributed by atoms with Gasteiger partial charge in [0.15, 0.2) is 0 Å². The van der Waals surface area contributed by atoms with Crippen LogP contribution in [0.1, 0.15) is 17.7 Å². The van der Waals surface area contributed by atoms with Crippen molar-refractivity contribution in [3.8, 4) is 5.75 Å². The molecule has 1 atom stereocenters. The lowest BCUT2D eigenvalue weighted by atomic mass is 9.90. The van der Waals surface area contributed by atoms with E-state index in [1.54, 1.807) is 7.11 Å². The van der Waals surface area contributed by atoms with Crippen molar-refractivity contribution in [1.82, 2.24) is 25.3 Å². The number of hydrazine groups is 1. The molecule has 1 saturated heterocycles. The van der Waals surface area contributed by atoms with Gasteiger partial charge in [0.1, 0.15) is 11.8 Å². The molecule has 2 aliphatic heterocycles. The van der Waals surface area contributed by atoms with E-state index in [1.807, 2.05) is 24.3 Å². The Labute approximate surface area is 193 Å².